The zero-order valence-corrected chi connectivity index (χ0v) is 25.0. The summed E-state index contributed by atoms with van der Waals surface area (Å²) in [6.07, 6.45) is 1.56. The van der Waals surface area contributed by atoms with Gasteiger partial charge in [0.05, 0.1) is 26.6 Å². The minimum atomic E-state index is -0.318. The van der Waals surface area contributed by atoms with E-state index in [0.29, 0.717) is 49.7 Å². The van der Waals surface area contributed by atoms with Crippen molar-refractivity contribution in [2.45, 2.75) is 13.5 Å². The van der Waals surface area contributed by atoms with Gasteiger partial charge >= 0.3 is 0 Å². The molecule has 0 saturated heterocycles. The molecule has 0 atom stereocenters. The van der Waals surface area contributed by atoms with Crippen LogP contribution in [0.25, 0.3) is 33.5 Å². The van der Waals surface area contributed by atoms with Gasteiger partial charge in [-0.05, 0) is 82.5 Å². The molecular weight excluding hydrogens is 658 g/mol. The largest absolute Gasteiger partial charge is 0.486 e. The lowest BCUT2D eigenvalue weighted by atomic mass is 10.2. The van der Waals surface area contributed by atoms with E-state index < -0.39 is 0 Å². The van der Waals surface area contributed by atoms with Gasteiger partial charge in [-0.25, -0.2) is 4.98 Å². The average molecular weight is 678 g/mol. The van der Waals surface area contributed by atoms with Gasteiger partial charge in [0.1, 0.15) is 12.2 Å². The quantitative estimate of drug-likeness (QED) is 0.165. The Bertz CT molecular complexity index is 1960. The van der Waals surface area contributed by atoms with Gasteiger partial charge in [-0.2, -0.15) is 9.78 Å². The molecule has 0 amide bonds. The molecular formula is C31H20Br2ClN3O3. The second-order valence-electron chi connectivity index (χ2n) is 9.19. The smallest absolute Gasteiger partial charge is 0.282 e. The predicted octanol–water partition coefficient (Wildman–Crippen LogP) is 8.76. The molecule has 198 valence electrons. The van der Waals surface area contributed by atoms with Crippen molar-refractivity contribution in [3.05, 3.63) is 126 Å². The summed E-state index contributed by atoms with van der Waals surface area (Å²) < 4.78 is 14.9. The predicted molar refractivity (Wildman–Crippen MR) is 167 cm³/mol. The molecule has 9 heteroatoms. The van der Waals surface area contributed by atoms with E-state index in [0.717, 1.165) is 15.4 Å². The summed E-state index contributed by atoms with van der Waals surface area (Å²) in [5, 5.41) is 6.26. The third kappa shape index (κ3) is 5.35. The Morgan fingerprint density at radius 3 is 2.62 bits per heavy atom. The number of aromatic nitrogens is 2. The standard InChI is InChI=1S/C31H20Br2ClN3O3/c1-18-6-8-19(9-7-18)17-39-29-24(33)12-20(13-25(29)34)16-35-37-30(36-26-5-3-2-4-23(26)31(37)38)28-15-21-14-22(32)10-11-27(21)40-28/h2-16H,17H2,1H3. The van der Waals surface area contributed by atoms with Crippen molar-refractivity contribution in [1.29, 1.82) is 0 Å². The molecule has 4 aromatic carbocycles. The summed E-state index contributed by atoms with van der Waals surface area (Å²) in [5.41, 5.74) is 3.79. The van der Waals surface area contributed by atoms with Gasteiger partial charge in [-0.15, -0.1) is 0 Å². The normalized spacial score (nSPS) is 11.6. The van der Waals surface area contributed by atoms with Gasteiger partial charge in [0.2, 0.25) is 5.82 Å². The van der Waals surface area contributed by atoms with Crippen LogP contribution in [0.3, 0.4) is 0 Å². The van der Waals surface area contributed by atoms with E-state index in [2.05, 4.69) is 37.0 Å². The maximum atomic E-state index is 13.5. The monoisotopic (exact) mass is 675 g/mol. The minimum absolute atomic E-state index is 0.287. The van der Waals surface area contributed by atoms with E-state index in [4.69, 9.17) is 25.7 Å². The number of rotatable bonds is 6. The molecule has 0 bridgehead atoms. The topological polar surface area (TPSA) is 69.6 Å². The zero-order chi connectivity index (χ0) is 27.8. The zero-order valence-electron chi connectivity index (χ0n) is 21.1. The fourth-order valence-electron chi connectivity index (χ4n) is 4.27. The maximum Gasteiger partial charge on any atom is 0.282 e. The van der Waals surface area contributed by atoms with Crippen molar-refractivity contribution in [2.24, 2.45) is 5.10 Å². The number of nitrogens with zero attached hydrogens (tertiary/aromatic N) is 3. The van der Waals surface area contributed by atoms with Crippen molar-refractivity contribution >= 4 is 71.5 Å². The van der Waals surface area contributed by atoms with Crippen LogP contribution >= 0.6 is 43.5 Å². The number of hydrogen-bond acceptors (Lipinski definition) is 5. The third-order valence-corrected chi connectivity index (χ3v) is 7.66. The van der Waals surface area contributed by atoms with Crippen LogP contribution in [0.2, 0.25) is 5.02 Å². The van der Waals surface area contributed by atoms with E-state index in [1.807, 2.05) is 67.6 Å². The summed E-state index contributed by atoms with van der Waals surface area (Å²) in [6, 6.07) is 26.4. The molecule has 0 radical (unpaired) electrons. The highest BCUT2D eigenvalue weighted by Crippen LogP contribution is 2.35. The van der Waals surface area contributed by atoms with Crippen LogP contribution in [-0.2, 0) is 6.61 Å². The Hall–Kier alpha value is -3.72. The SMILES string of the molecule is Cc1ccc(COc2c(Cl)cc(C=Nn3c(-c4cc5cc(Br)ccc5o4)nc4ccccc4c3=O)cc2Br)cc1. The van der Waals surface area contributed by atoms with Gasteiger partial charge in [0.15, 0.2) is 11.5 Å². The van der Waals surface area contributed by atoms with Gasteiger partial charge in [0.25, 0.3) is 5.56 Å². The van der Waals surface area contributed by atoms with E-state index in [1.54, 1.807) is 30.5 Å². The van der Waals surface area contributed by atoms with Crippen LogP contribution in [0, 0.1) is 6.92 Å². The first-order chi connectivity index (χ1) is 19.4. The molecule has 0 spiro atoms. The molecule has 0 saturated carbocycles. The molecule has 0 aliphatic rings. The summed E-state index contributed by atoms with van der Waals surface area (Å²) in [5.74, 6) is 1.24. The first-order valence-corrected chi connectivity index (χ1v) is 14.2. The number of ether oxygens (including phenoxy) is 1. The molecule has 6 rings (SSSR count). The fourth-order valence-corrected chi connectivity index (χ4v) is 5.64. The number of benzene rings is 4. The minimum Gasteiger partial charge on any atom is -0.486 e. The second-order valence-corrected chi connectivity index (χ2v) is 11.4. The van der Waals surface area contributed by atoms with Crippen LogP contribution in [0.4, 0.5) is 0 Å². The maximum absolute atomic E-state index is 13.5. The molecule has 6 aromatic rings. The van der Waals surface area contributed by atoms with Crippen LogP contribution in [0.15, 0.2) is 108 Å². The van der Waals surface area contributed by atoms with Crippen molar-refractivity contribution in [2.75, 3.05) is 0 Å². The molecule has 0 aliphatic carbocycles. The molecule has 0 aliphatic heterocycles. The first kappa shape index (κ1) is 26.5. The molecule has 0 N–H and O–H groups in total. The number of aryl methyl sites for hydroxylation is 1. The number of furan rings is 1. The van der Waals surface area contributed by atoms with Crippen molar-refractivity contribution in [3.63, 3.8) is 0 Å². The molecule has 0 fully saturated rings. The third-order valence-electron chi connectivity index (χ3n) is 6.30. The Labute approximate surface area is 251 Å². The number of hydrogen-bond donors (Lipinski definition) is 0. The summed E-state index contributed by atoms with van der Waals surface area (Å²) in [7, 11) is 0. The van der Waals surface area contributed by atoms with Crippen molar-refractivity contribution < 1.29 is 9.15 Å². The van der Waals surface area contributed by atoms with Crippen molar-refractivity contribution in [1.82, 2.24) is 9.66 Å². The molecule has 40 heavy (non-hydrogen) atoms. The summed E-state index contributed by atoms with van der Waals surface area (Å²) >= 11 is 13.6. The van der Waals surface area contributed by atoms with E-state index in [-0.39, 0.29) is 11.4 Å². The van der Waals surface area contributed by atoms with Crippen LogP contribution in [0.5, 0.6) is 5.75 Å². The first-order valence-electron chi connectivity index (χ1n) is 12.3. The van der Waals surface area contributed by atoms with Crippen LogP contribution in [-0.4, -0.2) is 15.9 Å². The lowest BCUT2D eigenvalue weighted by Crippen LogP contribution is -2.20. The average Bonchev–Trinajstić information content (AvgIpc) is 3.36. The Morgan fingerprint density at radius 2 is 1.82 bits per heavy atom. The molecule has 2 heterocycles. The van der Waals surface area contributed by atoms with Crippen LogP contribution in [0.1, 0.15) is 16.7 Å². The number of halogens is 3. The van der Waals surface area contributed by atoms with Crippen LogP contribution < -0.4 is 10.3 Å². The molecule has 2 aromatic heterocycles. The highest BCUT2D eigenvalue weighted by molar-refractivity contribution is 9.10. The Balaban J connectivity index is 1.37. The molecule has 6 nitrogen and oxygen atoms in total. The highest BCUT2D eigenvalue weighted by Gasteiger charge is 2.17. The summed E-state index contributed by atoms with van der Waals surface area (Å²) in [6.45, 7) is 2.42. The Morgan fingerprint density at radius 1 is 1.02 bits per heavy atom. The number of fused-ring (bicyclic) bond motifs is 2. The summed E-state index contributed by atoms with van der Waals surface area (Å²) in [4.78, 5) is 18.3. The lowest BCUT2D eigenvalue weighted by Gasteiger charge is -2.11. The molecule has 0 unspecified atom stereocenters. The van der Waals surface area contributed by atoms with Gasteiger partial charge in [-0.1, -0.05) is 69.5 Å². The second kappa shape index (κ2) is 11.0. The Kier molecular flexibility index (Phi) is 7.31. The van der Waals surface area contributed by atoms with Gasteiger partial charge in [-0.3, -0.25) is 4.79 Å². The number of para-hydroxylation sites is 1. The van der Waals surface area contributed by atoms with Gasteiger partial charge < -0.3 is 9.15 Å². The fraction of sp³-hybridized carbons (Fsp3) is 0.0645. The van der Waals surface area contributed by atoms with E-state index >= 15 is 0 Å². The van der Waals surface area contributed by atoms with Crippen molar-refractivity contribution in [3.8, 4) is 17.3 Å². The highest BCUT2D eigenvalue weighted by atomic mass is 79.9. The lowest BCUT2D eigenvalue weighted by molar-refractivity contribution is 0.304. The van der Waals surface area contributed by atoms with Gasteiger partial charge in [0, 0.05) is 9.86 Å². The van der Waals surface area contributed by atoms with E-state index in [9.17, 15) is 4.79 Å². The van der Waals surface area contributed by atoms with E-state index in [1.165, 1.54) is 10.2 Å².